The second kappa shape index (κ2) is 11.8. The van der Waals surface area contributed by atoms with E-state index in [9.17, 15) is 9.59 Å². The molecule has 1 aliphatic heterocycles. The second-order valence-corrected chi connectivity index (χ2v) is 9.93. The lowest BCUT2D eigenvalue weighted by Crippen LogP contribution is -2.40. The SMILES string of the molecule is CCOc1ccc([C@@H]2C(C(=O)Nc3ccccc3)=C(C)N=c3s/c(=C\c4cccc(OCC#N)c4)c(=O)n32)cc1. The van der Waals surface area contributed by atoms with Gasteiger partial charge in [0.1, 0.15) is 17.6 Å². The van der Waals surface area contributed by atoms with Gasteiger partial charge in [-0.3, -0.25) is 14.2 Å². The molecule has 0 unspecified atom stereocenters. The number of carbonyl (C=O) groups is 1. The van der Waals surface area contributed by atoms with Crippen LogP contribution in [0.25, 0.3) is 6.08 Å². The predicted molar refractivity (Wildman–Crippen MR) is 154 cm³/mol. The van der Waals surface area contributed by atoms with Crippen molar-refractivity contribution in [1.29, 1.82) is 5.26 Å². The number of hydrogen-bond donors (Lipinski definition) is 1. The highest BCUT2D eigenvalue weighted by molar-refractivity contribution is 7.07. The van der Waals surface area contributed by atoms with Gasteiger partial charge < -0.3 is 14.8 Å². The van der Waals surface area contributed by atoms with E-state index < -0.39 is 6.04 Å². The number of rotatable bonds is 8. The summed E-state index contributed by atoms with van der Waals surface area (Å²) in [6, 6.07) is 25.0. The second-order valence-electron chi connectivity index (χ2n) is 8.92. The van der Waals surface area contributed by atoms with Crippen molar-refractivity contribution < 1.29 is 14.3 Å². The van der Waals surface area contributed by atoms with Crippen molar-refractivity contribution in [2.75, 3.05) is 18.5 Å². The number of carbonyl (C=O) groups excluding carboxylic acids is 1. The minimum absolute atomic E-state index is 0.0686. The molecule has 0 saturated carbocycles. The Bertz CT molecular complexity index is 1800. The number of anilines is 1. The molecule has 1 amide bonds. The smallest absolute Gasteiger partial charge is 0.271 e. The fraction of sp³-hybridized carbons (Fsp3) is 0.161. The summed E-state index contributed by atoms with van der Waals surface area (Å²) < 4.78 is 13.1. The number of thiazole rings is 1. The number of benzene rings is 3. The zero-order valence-electron chi connectivity index (χ0n) is 22.0. The number of hydrogen-bond acceptors (Lipinski definition) is 7. The Morgan fingerprint density at radius 3 is 2.58 bits per heavy atom. The molecule has 0 bridgehead atoms. The first-order valence-electron chi connectivity index (χ1n) is 12.7. The van der Waals surface area contributed by atoms with E-state index in [1.807, 2.05) is 73.7 Å². The monoisotopic (exact) mass is 550 g/mol. The molecular weight excluding hydrogens is 524 g/mol. The summed E-state index contributed by atoms with van der Waals surface area (Å²) in [6.45, 7) is 4.16. The third-order valence-electron chi connectivity index (χ3n) is 6.26. The van der Waals surface area contributed by atoms with Crippen LogP contribution in [0, 0.1) is 11.3 Å². The van der Waals surface area contributed by atoms with Crippen molar-refractivity contribution in [2.45, 2.75) is 19.9 Å². The van der Waals surface area contributed by atoms with E-state index in [0.717, 1.165) is 11.1 Å². The normalized spacial score (nSPS) is 14.6. The molecule has 40 heavy (non-hydrogen) atoms. The average molecular weight is 551 g/mol. The van der Waals surface area contributed by atoms with Gasteiger partial charge in [-0.25, -0.2) is 4.99 Å². The van der Waals surface area contributed by atoms with E-state index in [1.54, 1.807) is 35.8 Å². The van der Waals surface area contributed by atoms with Crippen LogP contribution in [0.15, 0.2) is 99.9 Å². The molecule has 1 aliphatic rings. The summed E-state index contributed by atoms with van der Waals surface area (Å²) >= 11 is 1.26. The Morgan fingerprint density at radius 2 is 1.85 bits per heavy atom. The van der Waals surface area contributed by atoms with Crippen LogP contribution in [0.1, 0.15) is 31.0 Å². The first kappa shape index (κ1) is 26.7. The molecule has 2 heterocycles. The highest BCUT2D eigenvalue weighted by Gasteiger charge is 2.32. The summed E-state index contributed by atoms with van der Waals surface area (Å²) in [7, 11) is 0. The number of nitrogens with zero attached hydrogens (tertiary/aromatic N) is 3. The van der Waals surface area contributed by atoms with Crippen LogP contribution in [-0.4, -0.2) is 23.7 Å². The van der Waals surface area contributed by atoms with Gasteiger partial charge in [-0.1, -0.05) is 53.8 Å². The fourth-order valence-corrected chi connectivity index (χ4v) is 5.57. The molecule has 8 nitrogen and oxygen atoms in total. The van der Waals surface area contributed by atoms with E-state index in [1.165, 1.54) is 11.3 Å². The molecule has 5 rings (SSSR count). The van der Waals surface area contributed by atoms with Gasteiger partial charge in [0.15, 0.2) is 11.4 Å². The minimum atomic E-state index is -0.692. The van der Waals surface area contributed by atoms with Crippen LogP contribution in [0.5, 0.6) is 11.5 Å². The maximum absolute atomic E-state index is 13.9. The van der Waals surface area contributed by atoms with E-state index in [0.29, 0.717) is 44.4 Å². The van der Waals surface area contributed by atoms with Gasteiger partial charge in [0.25, 0.3) is 11.5 Å². The molecule has 0 fully saturated rings. The van der Waals surface area contributed by atoms with Crippen molar-refractivity contribution in [3.8, 4) is 17.6 Å². The number of allylic oxidation sites excluding steroid dienone is 1. The van der Waals surface area contributed by atoms with Crippen LogP contribution < -0.4 is 29.7 Å². The molecule has 0 aliphatic carbocycles. The first-order valence-corrected chi connectivity index (χ1v) is 13.5. The number of ether oxygens (including phenoxy) is 2. The zero-order chi connectivity index (χ0) is 28.1. The van der Waals surface area contributed by atoms with Crippen molar-refractivity contribution in [2.24, 2.45) is 4.99 Å². The van der Waals surface area contributed by atoms with Crippen LogP contribution >= 0.6 is 11.3 Å². The number of nitrogens with one attached hydrogen (secondary N) is 1. The van der Waals surface area contributed by atoms with E-state index in [-0.39, 0.29) is 18.1 Å². The molecule has 1 aromatic heterocycles. The van der Waals surface area contributed by atoms with E-state index in [2.05, 4.69) is 10.3 Å². The third-order valence-corrected chi connectivity index (χ3v) is 7.25. The van der Waals surface area contributed by atoms with Crippen LogP contribution in [0.3, 0.4) is 0 Å². The van der Waals surface area contributed by atoms with Crippen molar-refractivity contribution in [1.82, 2.24) is 4.57 Å². The van der Waals surface area contributed by atoms with E-state index >= 15 is 0 Å². The van der Waals surface area contributed by atoms with Gasteiger partial charge in [-0.2, -0.15) is 5.26 Å². The lowest BCUT2D eigenvalue weighted by molar-refractivity contribution is -0.113. The Balaban J connectivity index is 1.62. The van der Waals surface area contributed by atoms with Gasteiger partial charge in [0, 0.05) is 5.69 Å². The highest BCUT2D eigenvalue weighted by Crippen LogP contribution is 2.31. The Labute approximate surface area is 234 Å². The van der Waals surface area contributed by atoms with Gasteiger partial charge in [0.05, 0.1) is 28.5 Å². The fourth-order valence-electron chi connectivity index (χ4n) is 4.52. The largest absolute Gasteiger partial charge is 0.494 e. The molecule has 0 saturated heterocycles. The summed E-state index contributed by atoms with van der Waals surface area (Å²) in [6.07, 6.45) is 1.77. The molecule has 0 radical (unpaired) electrons. The quantitative estimate of drug-likeness (QED) is 0.354. The third kappa shape index (κ3) is 5.58. The maximum atomic E-state index is 13.9. The highest BCUT2D eigenvalue weighted by atomic mass is 32.1. The van der Waals surface area contributed by atoms with Gasteiger partial charge in [-0.05, 0) is 67.4 Å². The lowest BCUT2D eigenvalue weighted by atomic mass is 9.95. The number of fused-ring (bicyclic) bond motifs is 1. The summed E-state index contributed by atoms with van der Waals surface area (Å²) in [4.78, 5) is 32.7. The Morgan fingerprint density at radius 1 is 1.07 bits per heavy atom. The van der Waals surface area contributed by atoms with Crippen LogP contribution in [-0.2, 0) is 4.79 Å². The van der Waals surface area contributed by atoms with Crippen LogP contribution in [0.4, 0.5) is 5.69 Å². The van der Waals surface area contributed by atoms with Gasteiger partial charge in [-0.15, -0.1) is 0 Å². The zero-order valence-corrected chi connectivity index (χ0v) is 22.8. The average Bonchev–Trinajstić information content (AvgIpc) is 3.26. The van der Waals surface area contributed by atoms with Crippen molar-refractivity contribution in [3.63, 3.8) is 0 Å². The number of aromatic nitrogens is 1. The van der Waals surface area contributed by atoms with E-state index in [4.69, 9.17) is 14.7 Å². The molecule has 9 heteroatoms. The molecule has 1 atom stereocenters. The summed E-state index contributed by atoms with van der Waals surface area (Å²) in [5.41, 5.74) is 2.81. The summed E-state index contributed by atoms with van der Waals surface area (Å²) in [5, 5.41) is 11.8. The standard InChI is InChI=1S/C31H26N4O4S/c1-3-38-24-14-12-22(13-15-24)28-27(29(36)34-23-9-5-4-6-10-23)20(2)33-31-35(28)30(37)26(40-31)19-21-8-7-11-25(18-21)39-17-16-32/h4-15,18-19,28H,3,17H2,1-2H3,(H,34,36)/b26-19-/t28-/m1/s1. The summed E-state index contributed by atoms with van der Waals surface area (Å²) in [5.74, 6) is 0.905. The Kier molecular flexibility index (Phi) is 7.89. The predicted octanol–water partition coefficient (Wildman–Crippen LogP) is 4.17. The molecular formula is C31H26N4O4S. The van der Waals surface area contributed by atoms with Gasteiger partial charge in [0.2, 0.25) is 0 Å². The van der Waals surface area contributed by atoms with Crippen LogP contribution in [0.2, 0.25) is 0 Å². The molecule has 1 N–H and O–H groups in total. The van der Waals surface area contributed by atoms with Crippen molar-refractivity contribution >= 4 is 29.0 Å². The first-order chi connectivity index (χ1) is 19.5. The number of para-hydroxylation sites is 1. The molecule has 200 valence electrons. The minimum Gasteiger partial charge on any atom is -0.494 e. The molecule has 0 spiro atoms. The lowest BCUT2D eigenvalue weighted by Gasteiger charge is -2.25. The molecule has 3 aromatic carbocycles. The Hall–Kier alpha value is -4.94. The molecule has 4 aromatic rings. The maximum Gasteiger partial charge on any atom is 0.271 e. The topological polar surface area (TPSA) is 106 Å². The number of amides is 1. The van der Waals surface area contributed by atoms with Crippen molar-refractivity contribution in [3.05, 3.63) is 121 Å². The van der Waals surface area contributed by atoms with Gasteiger partial charge >= 0.3 is 0 Å². The number of nitriles is 1.